The molecule has 0 aromatic rings. The Morgan fingerprint density at radius 2 is 0.947 bits per heavy atom. The van der Waals surface area contributed by atoms with Crippen molar-refractivity contribution >= 4 is 25.7 Å². The Morgan fingerprint density at radius 1 is 0.544 bits per heavy atom. The van der Waals surface area contributed by atoms with Gasteiger partial charge in [-0.2, -0.15) is 0 Å². The number of allylic oxidation sites excluding steroid dienone is 12. The molecule has 0 fully saturated rings. The van der Waals surface area contributed by atoms with Crippen LogP contribution >= 0.6 is 7.82 Å². The third kappa shape index (κ3) is 39.5. The highest BCUT2D eigenvalue weighted by molar-refractivity contribution is 7.47. The maximum atomic E-state index is 12.6. The van der Waals surface area contributed by atoms with Crippen molar-refractivity contribution in [1.29, 1.82) is 0 Å². The van der Waals surface area contributed by atoms with Gasteiger partial charge in [0, 0.05) is 12.8 Å². The lowest BCUT2D eigenvalue weighted by Crippen LogP contribution is -2.34. The van der Waals surface area contributed by atoms with Gasteiger partial charge < -0.3 is 25.2 Å². The van der Waals surface area contributed by atoms with Gasteiger partial charge in [0.2, 0.25) is 0 Å². The highest BCUT2D eigenvalue weighted by atomic mass is 31.2. The number of nitrogens with two attached hydrogens (primary N) is 1. The Bertz CT molecular complexity index is 1240. The molecule has 11 nitrogen and oxygen atoms in total. The number of carboxylic acids is 1. The van der Waals surface area contributed by atoms with Gasteiger partial charge in [-0.05, 0) is 83.5 Å². The molecule has 4 N–H and O–H groups in total. The number of esters is 2. The fourth-order valence-corrected chi connectivity index (χ4v) is 6.02. The summed E-state index contributed by atoms with van der Waals surface area (Å²) in [5.41, 5.74) is 5.33. The number of hydrogen-bond acceptors (Lipinski definition) is 9. The Labute approximate surface area is 344 Å². The van der Waals surface area contributed by atoms with E-state index in [1.807, 2.05) is 0 Å². The maximum Gasteiger partial charge on any atom is 0.472 e. The number of phosphoric acid groups is 1. The fraction of sp³-hybridized carbons (Fsp3) is 0.667. The molecule has 0 saturated carbocycles. The van der Waals surface area contributed by atoms with Crippen LogP contribution in [0.3, 0.4) is 0 Å². The molecule has 0 saturated heterocycles. The van der Waals surface area contributed by atoms with Crippen molar-refractivity contribution in [2.75, 3.05) is 19.8 Å². The fourth-order valence-electron chi connectivity index (χ4n) is 5.24. The van der Waals surface area contributed by atoms with Crippen molar-refractivity contribution in [1.82, 2.24) is 0 Å². The second-order valence-electron chi connectivity index (χ2n) is 14.1. The van der Waals surface area contributed by atoms with Gasteiger partial charge in [-0.3, -0.25) is 23.4 Å². The molecule has 3 atom stereocenters. The lowest BCUT2D eigenvalue weighted by molar-refractivity contribution is -0.161. The SMILES string of the molecule is CCCC/C=C\C/C=C\CCCCCCCC(=O)O[C@H](COC(=O)CCCCC/C=C\C/C=C\C/C=C\C/C=C\CCCCC)COP(=O)(O)OC[C@H](N)C(=O)O. The van der Waals surface area contributed by atoms with E-state index in [1.54, 1.807) is 0 Å². The van der Waals surface area contributed by atoms with Crippen LogP contribution in [0.2, 0.25) is 0 Å². The van der Waals surface area contributed by atoms with E-state index in [0.717, 1.165) is 83.5 Å². The van der Waals surface area contributed by atoms with E-state index in [1.165, 1.54) is 38.5 Å². The topological polar surface area (TPSA) is 172 Å². The van der Waals surface area contributed by atoms with E-state index >= 15 is 0 Å². The Morgan fingerprint density at radius 3 is 1.46 bits per heavy atom. The quantitative estimate of drug-likeness (QED) is 0.0233. The predicted octanol–water partition coefficient (Wildman–Crippen LogP) is 11.3. The van der Waals surface area contributed by atoms with Crippen LogP contribution < -0.4 is 5.73 Å². The first-order valence-electron chi connectivity index (χ1n) is 21.5. The van der Waals surface area contributed by atoms with Gasteiger partial charge >= 0.3 is 25.7 Å². The third-order valence-corrected chi connectivity index (χ3v) is 9.63. The molecule has 0 bridgehead atoms. The number of rotatable bonds is 39. The van der Waals surface area contributed by atoms with Gasteiger partial charge in [0.1, 0.15) is 12.6 Å². The molecule has 0 aliphatic rings. The molecule has 326 valence electrons. The van der Waals surface area contributed by atoms with E-state index < -0.39 is 51.1 Å². The summed E-state index contributed by atoms with van der Waals surface area (Å²) in [5.74, 6) is -2.45. The number of hydrogen-bond donors (Lipinski definition) is 3. The van der Waals surface area contributed by atoms with Gasteiger partial charge in [0.05, 0.1) is 13.2 Å². The molecule has 0 spiro atoms. The summed E-state index contributed by atoms with van der Waals surface area (Å²) in [6.07, 6.45) is 46.8. The van der Waals surface area contributed by atoms with Gasteiger partial charge in [-0.15, -0.1) is 0 Å². The van der Waals surface area contributed by atoms with E-state index in [-0.39, 0.29) is 19.4 Å². The van der Waals surface area contributed by atoms with Crippen molar-refractivity contribution in [2.24, 2.45) is 5.73 Å². The number of aliphatic carboxylic acids is 1. The zero-order valence-corrected chi connectivity index (χ0v) is 36.0. The zero-order valence-electron chi connectivity index (χ0n) is 35.2. The highest BCUT2D eigenvalue weighted by Crippen LogP contribution is 2.43. The van der Waals surface area contributed by atoms with Crippen LogP contribution in [0.4, 0.5) is 0 Å². The number of unbranched alkanes of at least 4 members (excludes halogenated alkanes) is 13. The standard InChI is InChI=1S/C45H76NO10P/c1-3-5-7-9-11-13-15-17-19-20-21-22-23-25-26-28-30-32-34-36-43(47)53-38-41(39-54-57(51,52)55-40-42(46)45(49)50)56-44(48)37-35-33-31-29-27-24-18-16-14-12-10-8-6-4-2/h10-13,16-19,21-22,25-26,41-42H,3-9,14-15,20,23-24,27-40,46H2,1-2H3,(H,49,50)(H,51,52)/b12-10-,13-11-,18-16-,19-17-,22-21-,26-25-/t41-,42+/m1/s1. The highest BCUT2D eigenvalue weighted by Gasteiger charge is 2.28. The lowest BCUT2D eigenvalue weighted by Gasteiger charge is -2.20. The number of carboxylic acid groups (broad SMARTS) is 1. The van der Waals surface area contributed by atoms with E-state index in [4.69, 9.17) is 24.8 Å². The summed E-state index contributed by atoms with van der Waals surface area (Å²) in [7, 11) is -4.73. The first-order valence-corrected chi connectivity index (χ1v) is 23.0. The Kier molecular flexibility index (Phi) is 37.6. The molecule has 12 heteroatoms. The second-order valence-corrected chi connectivity index (χ2v) is 15.6. The molecule has 0 aliphatic carbocycles. The molecular weight excluding hydrogens is 745 g/mol. The smallest absolute Gasteiger partial charge is 0.472 e. The minimum atomic E-state index is -4.73. The first kappa shape index (κ1) is 53.9. The van der Waals surface area contributed by atoms with Crippen LogP contribution in [0.25, 0.3) is 0 Å². The number of carbonyl (C=O) groups excluding carboxylic acids is 2. The predicted molar refractivity (Wildman–Crippen MR) is 231 cm³/mol. The van der Waals surface area contributed by atoms with E-state index in [9.17, 15) is 23.8 Å². The lowest BCUT2D eigenvalue weighted by atomic mass is 10.1. The minimum Gasteiger partial charge on any atom is -0.480 e. The van der Waals surface area contributed by atoms with Crippen LogP contribution in [0.5, 0.6) is 0 Å². The van der Waals surface area contributed by atoms with Crippen LogP contribution in [-0.4, -0.2) is 59.9 Å². The largest absolute Gasteiger partial charge is 0.480 e. The first-order chi connectivity index (χ1) is 27.6. The van der Waals surface area contributed by atoms with Gasteiger partial charge in [0.15, 0.2) is 6.10 Å². The average Bonchev–Trinajstić information content (AvgIpc) is 3.19. The van der Waals surface area contributed by atoms with Crippen molar-refractivity contribution in [3.63, 3.8) is 0 Å². The summed E-state index contributed by atoms with van der Waals surface area (Å²) in [6.45, 7) is 2.67. The van der Waals surface area contributed by atoms with Crippen LogP contribution in [-0.2, 0) is 37.5 Å². The van der Waals surface area contributed by atoms with Crippen molar-refractivity contribution < 1.29 is 47.5 Å². The van der Waals surface area contributed by atoms with Crippen LogP contribution in [0, 0.1) is 0 Å². The molecule has 57 heavy (non-hydrogen) atoms. The molecular formula is C45H76NO10P. The van der Waals surface area contributed by atoms with Crippen molar-refractivity contribution in [3.05, 3.63) is 72.9 Å². The molecule has 0 rings (SSSR count). The number of carbonyl (C=O) groups is 3. The van der Waals surface area contributed by atoms with Crippen molar-refractivity contribution in [2.45, 2.75) is 174 Å². The van der Waals surface area contributed by atoms with Gasteiger partial charge in [0.25, 0.3) is 0 Å². The summed E-state index contributed by atoms with van der Waals surface area (Å²) >= 11 is 0. The molecule has 0 aromatic heterocycles. The molecule has 0 amide bonds. The van der Waals surface area contributed by atoms with E-state index in [0.29, 0.717) is 12.8 Å². The Hall–Kier alpha value is -3.08. The molecule has 0 heterocycles. The number of ether oxygens (including phenoxy) is 2. The van der Waals surface area contributed by atoms with E-state index in [2.05, 4.69) is 91.3 Å². The van der Waals surface area contributed by atoms with Gasteiger partial charge in [-0.25, -0.2) is 4.57 Å². The number of phosphoric ester groups is 1. The monoisotopic (exact) mass is 822 g/mol. The van der Waals surface area contributed by atoms with Crippen molar-refractivity contribution in [3.8, 4) is 0 Å². The zero-order chi connectivity index (χ0) is 42.1. The summed E-state index contributed by atoms with van der Waals surface area (Å²) in [4.78, 5) is 45.9. The Balaban J connectivity index is 4.46. The average molecular weight is 822 g/mol. The van der Waals surface area contributed by atoms with Gasteiger partial charge in [-0.1, -0.05) is 138 Å². The van der Waals surface area contributed by atoms with Crippen LogP contribution in [0.1, 0.15) is 162 Å². The summed E-state index contributed by atoms with van der Waals surface area (Å²) in [6, 6.07) is -1.53. The molecule has 0 aliphatic heterocycles. The molecule has 1 unspecified atom stereocenters. The molecule has 0 radical (unpaired) electrons. The summed E-state index contributed by atoms with van der Waals surface area (Å²) in [5, 5.41) is 8.88. The van der Waals surface area contributed by atoms with Crippen LogP contribution in [0.15, 0.2) is 72.9 Å². The minimum absolute atomic E-state index is 0.134. The maximum absolute atomic E-state index is 12.6. The normalized spacial score (nSPS) is 14.5. The molecule has 0 aromatic carbocycles. The summed E-state index contributed by atoms with van der Waals surface area (Å²) < 4.78 is 32.6. The third-order valence-electron chi connectivity index (χ3n) is 8.68. The second kappa shape index (κ2) is 39.7.